The number of amides is 1. The summed E-state index contributed by atoms with van der Waals surface area (Å²) in [6.45, 7) is 3.13. The lowest BCUT2D eigenvalue weighted by molar-refractivity contribution is -0.142. The number of hydrogen-bond donors (Lipinski definition) is 1. The molecule has 5 heteroatoms. The number of carbonyl (C=O) groups is 1. The van der Waals surface area contributed by atoms with Crippen molar-refractivity contribution < 1.29 is 14.3 Å². The Bertz CT molecular complexity index is 563. The molecule has 0 saturated carbocycles. The van der Waals surface area contributed by atoms with Gasteiger partial charge in [-0.3, -0.25) is 4.79 Å². The van der Waals surface area contributed by atoms with Crippen LogP contribution in [0.25, 0.3) is 0 Å². The molecule has 124 valence electrons. The molecule has 5 nitrogen and oxygen atoms in total. The maximum atomic E-state index is 12.7. The first kappa shape index (κ1) is 14.8. The largest absolute Gasteiger partial charge is 0.485 e. The summed E-state index contributed by atoms with van der Waals surface area (Å²) >= 11 is 0. The summed E-state index contributed by atoms with van der Waals surface area (Å²) < 4.78 is 11.5. The maximum absolute atomic E-state index is 12.7. The lowest BCUT2D eigenvalue weighted by atomic mass is 9.88. The summed E-state index contributed by atoms with van der Waals surface area (Å²) in [4.78, 5) is 14.6. The Kier molecular flexibility index (Phi) is 4.12. The number of ether oxygens (including phenoxy) is 2. The van der Waals surface area contributed by atoms with Crippen LogP contribution in [-0.2, 0) is 4.79 Å². The van der Waals surface area contributed by atoms with E-state index in [1.807, 2.05) is 29.2 Å². The summed E-state index contributed by atoms with van der Waals surface area (Å²) in [6, 6.07) is 8.19. The van der Waals surface area contributed by atoms with Gasteiger partial charge in [0.15, 0.2) is 11.5 Å². The van der Waals surface area contributed by atoms with Gasteiger partial charge < -0.3 is 19.7 Å². The number of nitrogens with one attached hydrogen (secondary N) is 1. The van der Waals surface area contributed by atoms with E-state index in [9.17, 15) is 4.79 Å². The molecule has 1 aromatic carbocycles. The molecule has 0 aromatic heterocycles. The van der Waals surface area contributed by atoms with Gasteiger partial charge in [-0.1, -0.05) is 12.1 Å². The minimum atomic E-state index is -0.508. The zero-order valence-electron chi connectivity index (χ0n) is 13.4. The molecule has 2 unspecified atom stereocenters. The quantitative estimate of drug-likeness (QED) is 0.904. The van der Waals surface area contributed by atoms with Crippen molar-refractivity contribution >= 4 is 5.91 Å². The van der Waals surface area contributed by atoms with Crippen molar-refractivity contribution in [2.75, 3.05) is 26.2 Å². The Morgan fingerprint density at radius 3 is 2.65 bits per heavy atom. The van der Waals surface area contributed by atoms with Crippen molar-refractivity contribution in [2.24, 2.45) is 5.92 Å². The first-order chi connectivity index (χ1) is 11.3. The van der Waals surface area contributed by atoms with E-state index in [1.165, 1.54) is 12.8 Å². The molecule has 4 rings (SSSR count). The van der Waals surface area contributed by atoms with E-state index in [0.29, 0.717) is 24.3 Å². The Morgan fingerprint density at radius 1 is 1.13 bits per heavy atom. The van der Waals surface area contributed by atoms with Crippen LogP contribution in [0.1, 0.15) is 25.7 Å². The summed E-state index contributed by atoms with van der Waals surface area (Å²) in [7, 11) is 0. The van der Waals surface area contributed by atoms with Gasteiger partial charge in [0.25, 0.3) is 5.91 Å². The van der Waals surface area contributed by atoms with E-state index < -0.39 is 6.10 Å². The maximum Gasteiger partial charge on any atom is 0.267 e. The molecule has 2 fully saturated rings. The zero-order chi connectivity index (χ0) is 15.6. The predicted molar refractivity (Wildman–Crippen MR) is 86.7 cm³/mol. The second kappa shape index (κ2) is 6.40. The fourth-order valence-electron chi connectivity index (χ4n) is 3.98. The minimum absolute atomic E-state index is 0.0670. The van der Waals surface area contributed by atoms with Crippen LogP contribution in [0.2, 0.25) is 0 Å². The van der Waals surface area contributed by atoms with Crippen molar-refractivity contribution in [3.63, 3.8) is 0 Å². The Labute approximate surface area is 136 Å². The Morgan fingerprint density at radius 2 is 1.91 bits per heavy atom. The van der Waals surface area contributed by atoms with E-state index in [0.717, 1.165) is 38.2 Å². The van der Waals surface area contributed by atoms with E-state index in [-0.39, 0.29) is 5.91 Å². The van der Waals surface area contributed by atoms with Crippen LogP contribution in [0, 0.1) is 5.92 Å². The number of fused-ring (bicyclic) bond motifs is 1. The summed E-state index contributed by atoms with van der Waals surface area (Å²) in [6.07, 6.45) is 4.25. The number of hydrogen-bond acceptors (Lipinski definition) is 4. The first-order valence-corrected chi connectivity index (χ1v) is 8.72. The lowest BCUT2D eigenvalue weighted by Gasteiger charge is -2.37. The van der Waals surface area contributed by atoms with Gasteiger partial charge in [0.05, 0.1) is 0 Å². The van der Waals surface area contributed by atoms with Crippen molar-refractivity contribution in [3.05, 3.63) is 24.3 Å². The molecule has 3 aliphatic heterocycles. The van der Waals surface area contributed by atoms with Crippen molar-refractivity contribution in [1.82, 2.24) is 10.2 Å². The number of rotatable bonds is 2. The van der Waals surface area contributed by atoms with E-state index in [4.69, 9.17) is 9.47 Å². The van der Waals surface area contributed by atoms with Gasteiger partial charge in [0, 0.05) is 19.1 Å². The number of nitrogens with zero attached hydrogens (tertiary/aromatic N) is 1. The highest BCUT2D eigenvalue weighted by atomic mass is 16.6. The van der Waals surface area contributed by atoms with E-state index in [2.05, 4.69) is 5.32 Å². The van der Waals surface area contributed by atoms with Crippen molar-refractivity contribution in [1.29, 1.82) is 0 Å². The highest BCUT2D eigenvalue weighted by Gasteiger charge is 2.35. The minimum Gasteiger partial charge on any atom is -0.485 e. The molecule has 1 aromatic rings. The predicted octanol–water partition coefficient (Wildman–Crippen LogP) is 1.82. The van der Waals surface area contributed by atoms with Crippen LogP contribution in [0.5, 0.6) is 11.5 Å². The summed E-state index contributed by atoms with van der Waals surface area (Å²) in [5.41, 5.74) is 0. The standard InChI is InChI=1S/C18H24N2O3/c21-18(17-12-22-15-5-1-2-6-16(15)23-17)20-10-7-13(8-11-20)14-4-3-9-19-14/h1-2,5-6,13-14,17,19H,3-4,7-12H2. The average Bonchev–Trinajstić information content (AvgIpc) is 3.15. The molecule has 0 aliphatic carbocycles. The van der Waals surface area contributed by atoms with E-state index in [1.54, 1.807) is 0 Å². The lowest BCUT2D eigenvalue weighted by Crippen LogP contribution is -2.50. The van der Waals surface area contributed by atoms with Gasteiger partial charge in [-0.2, -0.15) is 0 Å². The molecule has 3 heterocycles. The van der Waals surface area contributed by atoms with Crippen LogP contribution < -0.4 is 14.8 Å². The van der Waals surface area contributed by atoms with Gasteiger partial charge in [-0.25, -0.2) is 0 Å². The monoisotopic (exact) mass is 316 g/mol. The number of para-hydroxylation sites is 2. The van der Waals surface area contributed by atoms with E-state index >= 15 is 0 Å². The highest BCUT2D eigenvalue weighted by Crippen LogP contribution is 2.32. The van der Waals surface area contributed by atoms with Crippen molar-refractivity contribution in [2.45, 2.75) is 37.8 Å². The smallest absolute Gasteiger partial charge is 0.267 e. The van der Waals surface area contributed by atoms with Gasteiger partial charge in [0.1, 0.15) is 6.61 Å². The molecule has 0 radical (unpaired) electrons. The molecular weight excluding hydrogens is 292 g/mol. The number of likely N-dealkylation sites (tertiary alicyclic amines) is 1. The number of carbonyl (C=O) groups excluding carboxylic acids is 1. The zero-order valence-corrected chi connectivity index (χ0v) is 13.4. The number of piperidine rings is 1. The number of benzene rings is 1. The normalized spacial score (nSPS) is 27.9. The van der Waals surface area contributed by atoms with Gasteiger partial charge in [-0.05, 0) is 50.3 Å². The van der Waals surface area contributed by atoms with Crippen LogP contribution in [0.15, 0.2) is 24.3 Å². The van der Waals surface area contributed by atoms with Crippen molar-refractivity contribution in [3.8, 4) is 11.5 Å². The molecule has 23 heavy (non-hydrogen) atoms. The fourth-order valence-corrected chi connectivity index (χ4v) is 3.98. The molecule has 3 aliphatic rings. The molecular formula is C18H24N2O3. The molecule has 2 saturated heterocycles. The van der Waals surface area contributed by atoms with Crippen LogP contribution in [-0.4, -0.2) is 49.2 Å². The molecule has 1 N–H and O–H groups in total. The average molecular weight is 316 g/mol. The van der Waals surface area contributed by atoms with Gasteiger partial charge in [0.2, 0.25) is 6.10 Å². The molecule has 0 bridgehead atoms. The fraction of sp³-hybridized carbons (Fsp3) is 0.611. The molecule has 0 spiro atoms. The van der Waals surface area contributed by atoms with Crippen LogP contribution in [0.4, 0.5) is 0 Å². The molecule has 1 amide bonds. The second-order valence-corrected chi connectivity index (χ2v) is 6.73. The van der Waals surface area contributed by atoms with Gasteiger partial charge >= 0.3 is 0 Å². The first-order valence-electron chi connectivity index (χ1n) is 8.72. The summed E-state index contributed by atoms with van der Waals surface area (Å²) in [5.74, 6) is 2.17. The Hall–Kier alpha value is -1.75. The second-order valence-electron chi connectivity index (χ2n) is 6.73. The molecule has 2 atom stereocenters. The third-order valence-corrected chi connectivity index (χ3v) is 5.30. The highest BCUT2D eigenvalue weighted by molar-refractivity contribution is 5.82. The topological polar surface area (TPSA) is 50.8 Å². The SMILES string of the molecule is O=C(C1COc2ccccc2O1)N1CCC(C2CCCN2)CC1. The van der Waals surface area contributed by atoms with Crippen LogP contribution in [0.3, 0.4) is 0 Å². The third kappa shape index (κ3) is 3.02. The Balaban J connectivity index is 1.34. The van der Waals surface area contributed by atoms with Gasteiger partial charge in [-0.15, -0.1) is 0 Å². The van der Waals surface area contributed by atoms with Crippen LogP contribution >= 0.6 is 0 Å². The third-order valence-electron chi connectivity index (χ3n) is 5.30. The summed E-state index contributed by atoms with van der Waals surface area (Å²) in [5, 5.41) is 3.60.